The minimum Gasteiger partial charge on any atom is -0.481 e. The Morgan fingerprint density at radius 2 is 1.93 bits per heavy atom. The predicted octanol–water partition coefficient (Wildman–Crippen LogP) is 0.209. The molecular formula is C9H13NO4. The fourth-order valence-electron chi connectivity index (χ4n) is 1.62. The molecule has 4 N–H and O–H groups in total. The van der Waals surface area contributed by atoms with E-state index in [1.165, 1.54) is 19.1 Å². The molecule has 0 aromatic rings. The molecule has 2 atom stereocenters. The summed E-state index contributed by atoms with van der Waals surface area (Å²) >= 11 is 0. The van der Waals surface area contributed by atoms with Gasteiger partial charge in [-0.15, -0.1) is 0 Å². The van der Waals surface area contributed by atoms with Gasteiger partial charge in [-0.3, -0.25) is 4.79 Å². The van der Waals surface area contributed by atoms with Crippen molar-refractivity contribution in [1.82, 2.24) is 0 Å². The van der Waals surface area contributed by atoms with Crippen LogP contribution in [0.4, 0.5) is 0 Å². The fraction of sp³-hybridized carbons (Fsp3) is 0.556. The number of hydrogen-bond acceptors (Lipinski definition) is 3. The number of carboxylic acid groups (broad SMARTS) is 2. The van der Waals surface area contributed by atoms with Crippen molar-refractivity contribution in [2.75, 3.05) is 0 Å². The minimum absolute atomic E-state index is 0.0822. The molecule has 14 heavy (non-hydrogen) atoms. The summed E-state index contributed by atoms with van der Waals surface area (Å²) in [6, 6.07) is 0. The van der Waals surface area contributed by atoms with Crippen LogP contribution in [-0.4, -0.2) is 27.7 Å². The molecule has 1 rings (SSSR count). The maximum Gasteiger partial charge on any atom is 0.327 e. The molecule has 0 aliphatic heterocycles. The van der Waals surface area contributed by atoms with E-state index in [4.69, 9.17) is 15.9 Å². The molecule has 0 spiro atoms. The number of nitrogens with two attached hydrogens (primary N) is 1. The molecule has 0 aromatic carbocycles. The van der Waals surface area contributed by atoms with Crippen molar-refractivity contribution in [2.24, 2.45) is 11.1 Å². The smallest absolute Gasteiger partial charge is 0.327 e. The number of carboxylic acids is 2. The van der Waals surface area contributed by atoms with E-state index in [0.29, 0.717) is 6.42 Å². The number of aliphatic carboxylic acids is 2. The fourth-order valence-corrected chi connectivity index (χ4v) is 1.62. The quantitative estimate of drug-likeness (QED) is 0.552. The van der Waals surface area contributed by atoms with Crippen LogP contribution >= 0.6 is 0 Å². The van der Waals surface area contributed by atoms with E-state index in [9.17, 15) is 9.59 Å². The van der Waals surface area contributed by atoms with E-state index in [2.05, 4.69) is 0 Å². The van der Waals surface area contributed by atoms with Crippen LogP contribution in [0.5, 0.6) is 0 Å². The van der Waals surface area contributed by atoms with Crippen LogP contribution in [0.2, 0.25) is 0 Å². The molecule has 78 valence electrons. The standard InChI is InChI=1S/C9H13NO4/c1-8(6(11)12)3-2-4-9(10,5-8)7(13)14/h2,4H,3,5,10H2,1H3,(H,11,12)(H,13,14). The molecule has 0 heterocycles. The predicted molar refractivity (Wildman–Crippen MR) is 48.7 cm³/mol. The van der Waals surface area contributed by atoms with Gasteiger partial charge < -0.3 is 15.9 Å². The van der Waals surface area contributed by atoms with E-state index >= 15 is 0 Å². The van der Waals surface area contributed by atoms with Crippen molar-refractivity contribution >= 4 is 11.9 Å². The second-order valence-electron chi connectivity index (χ2n) is 3.99. The van der Waals surface area contributed by atoms with Crippen LogP contribution in [0.3, 0.4) is 0 Å². The normalized spacial score (nSPS) is 36.7. The molecule has 0 aromatic heterocycles. The lowest BCUT2D eigenvalue weighted by atomic mass is 9.71. The van der Waals surface area contributed by atoms with Gasteiger partial charge in [-0.1, -0.05) is 12.2 Å². The highest BCUT2D eigenvalue weighted by Gasteiger charge is 2.46. The topological polar surface area (TPSA) is 101 Å². The first-order valence-electron chi connectivity index (χ1n) is 4.24. The Bertz CT molecular complexity index is 312. The van der Waals surface area contributed by atoms with Crippen molar-refractivity contribution in [3.05, 3.63) is 12.2 Å². The molecular weight excluding hydrogens is 186 g/mol. The second-order valence-corrected chi connectivity index (χ2v) is 3.99. The highest BCUT2D eigenvalue weighted by atomic mass is 16.4. The van der Waals surface area contributed by atoms with Gasteiger partial charge in [0.25, 0.3) is 0 Å². The molecule has 0 saturated heterocycles. The zero-order valence-corrected chi connectivity index (χ0v) is 7.86. The monoisotopic (exact) mass is 199 g/mol. The summed E-state index contributed by atoms with van der Waals surface area (Å²) in [5, 5.41) is 17.8. The Balaban J connectivity index is 3.00. The number of hydrogen-bond donors (Lipinski definition) is 3. The third-order valence-electron chi connectivity index (χ3n) is 2.58. The number of carbonyl (C=O) groups is 2. The molecule has 0 saturated carbocycles. The maximum absolute atomic E-state index is 10.9. The lowest BCUT2D eigenvalue weighted by Gasteiger charge is -2.35. The van der Waals surface area contributed by atoms with Gasteiger partial charge in [0.2, 0.25) is 0 Å². The first kappa shape index (κ1) is 10.7. The molecule has 0 fully saturated rings. The SMILES string of the molecule is CC1(C(=O)O)CC=CC(N)(C(=O)O)C1. The van der Waals surface area contributed by atoms with Crippen molar-refractivity contribution in [1.29, 1.82) is 0 Å². The molecule has 1 aliphatic rings. The van der Waals surface area contributed by atoms with E-state index in [0.717, 1.165) is 0 Å². The summed E-state index contributed by atoms with van der Waals surface area (Å²) in [5.74, 6) is -2.21. The molecule has 5 heteroatoms. The van der Waals surface area contributed by atoms with Crippen molar-refractivity contribution in [3.8, 4) is 0 Å². The first-order valence-corrected chi connectivity index (χ1v) is 4.24. The molecule has 0 amide bonds. The van der Waals surface area contributed by atoms with E-state index in [-0.39, 0.29) is 6.42 Å². The molecule has 1 aliphatic carbocycles. The Hall–Kier alpha value is -1.36. The van der Waals surface area contributed by atoms with Gasteiger partial charge in [-0.05, 0) is 19.8 Å². The average Bonchev–Trinajstić information content (AvgIpc) is 2.03. The Kier molecular flexibility index (Phi) is 2.37. The summed E-state index contributed by atoms with van der Waals surface area (Å²) in [6.07, 6.45) is 3.11. The van der Waals surface area contributed by atoms with Gasteiger partial charge in [-0.25, -0.2) is 4.79 Å². The van der Waals surface area contributed by atoms with Crippen LogP contribution in [0.25, 0.3) is 0 Å². The summed E-state index contributed by atoms with van der Waals surface area (Å²) in [4.78, 5) is 21.7. The molecule has 2 unspecified atom stereocenters. The minimum atomic E-state index is -1.55. The van der Waals surface area contributed by atoms with Crippen LogP contribution in [-0.2, 0) is 9.59 Å². The van der Waals surface area contributed by atoms with Crippen LogP contribution in [0.1, 0.15) is 19.8 Å². The van der Waals surface area contributed by atoms with Crippen molar-refractivity contribution in [3.63, 3.8) is 0 Å². The Morgan fingerprint density at radius 1 is 1.36 bits per heavy atom. The molecule has 0 radical (unpaired) electrons. The summed E-state index contributed by atoms with van der Waals surface area (Å²) < 4.78 is 0. The van der Waals surface area contributed by atoms with Crippen molar-refractivity contribution < 1.29 is 19.8 Å². The second kappa shape index (κ2) is 3.09. The van der Waals surface area contributed by atoms with Gasteiger partial charge in [0.15, 0.2) is 0 Å². The number of rotatable bonds is 2. The van der Waals surface area contributed by atoms with Gasteiger partial charge in [-0.2, -0.15) is 0 Å². The Morgan fingerprint density at radius 3 is 2.36 bits per heavy atom. The molecule has 0 bridgehead atoms. The van der Waals surface area contributed by atoms with E-state index in [1.807, 2.05) is 0 Å². The zero-order valence-electron chi connectivity index (χ0n) is 7.86. The average molecular weight is 199 g/mol. The van der Waals surface area contributed by atoms with Crippen LogP contribution < -0.4 is 5.73 Å². The summed E-state index contributed by atoms with van der Waals surface area (Å²) in [6.45, 7) is 1.50. The first-order chi connectivity index (χ1) is 6.30. The summed E-state index contributed by atoms with van der Waals surface area (Å²) in [7, 11) is 0. The Labute approximate surface area is 81.2 Å². The lowest BCUT2D eigenvalue weighted by molar-refractivity contribution is -0.151. The van der Waals surface area contributed by atoms with Crippen molar-refractivity contribution in [2.45, 2.75) is 25.3 Å². The molecule has 5 nitrogen and oxygen atoms in total. The van der Waals surface area contributed by atoms with Crippen LogP contribution in [0.15, 0.2) is 12.2 Å². The van der Waals surface area contributed by atoms with Gasteiger partial charge in [0.05, 0.1) is 5.41 Å². The number of allylic oxidation sites excluding steroid dienone is 1. The zero-order chi connectivity index (χ0) is 11.0. The largest absolute Gasteiger partial charge is 0.481 e. The third kappa shape index (κ3) is 1.63. The highest BCUT2D eigenvalue weighted by molar-refractivity contribution is 5.84. The van der Waals surface area contributed by atoms with Gasteiger partial charge in [0.1, 0.15) is 5.54 Å². The summed E-state index contributed by atoms with van der Waals surface area (Å²) in [5.41, 5.74) is 2.93. The maximum atomic E-state index is 10.9. The highest BCUT2D eigenvalue weighted by Crippen LogP contribution is 2.36. The third-order valence-corrected chi connectivity index (χ3v) is 2.58. The van der Waals surface area contributed by atoms with Crippen LogP contribution in [0, 0.1) is 5.41 Å². The van der Waals surface area contributed by atoms with E-state index in [1.54, 1.807) is 0 Å². The lowest BCUT2D eigenvalue weighted by Crippen LogP contribution is -2.53. The van der Waals surface area contributed by atoms with E-state index < -0.39 is 22.9 Å². The van der Waals surface area contributed by atoms with Gasteiger partial charge >= 0.3 is 11.9 Å². The van der Waals surface area contributed by atoms with Gasteiger partial charge in [0, 0.05) is 0 Å².